The Morgan fingerprint density at radius 2 is 1.62 bits per heavy atom. The minimum Gasteiger partial charge on any atom is -0.480 e. The Balaban J connectivity index is 0.000000441. The maximum Gasteiger partial charge on any atom is 0.320 e. The molecule has 24 heavy (non-hydrogen) atoms. The first-order valence-corrected chi connectivity index (χ1v) is 7.05. The summed E-state index contributed by atoms with van der Waals surface area (Å²) in [5, 5.41) is 52.1. The summed E-state index contributed by atoms with van der Waals surface area (Å²) in [6.07, 6.45) is -6.45. The van der Waals surface area contributed by atoms with Crippen LogP contribution in [0.4, 0.5) is 0 Å². The lowest BCUT2D eigenvalue weighted by Gasteiger charge is -2.22. The van der Waals surface area contributed by atoms with E-state index in [-0.39, 0.29) is 6.29 Å². The predicted molar refractivity (Wildman–Crippen MR) is 82.9 cm³/mol. The van der Waals surface area contributed by atoms with Gasteiger partial charge >= 0.3 is 5.97 Å². The van der Waals surface area contributed by atoms with E-state index in [1.165, 1.54) is 0 Å². The molecule has 0 saturated heterocycles. The zero-order valence-corrected chi connectivity index (χ0v) is 12.8. The molecule has 136 valence electrons. The van der Waals surface area contributed by atoms with Crippen molar-refractivity contribution in [3.05, 3.63) is 35.9 Å². The van der Waals surface area contributed by atoms with Gasteiger partial charge in [-0.1, -0.05) is 30.3 Å². The van der Waals surface area contributed by atoms with Crippen molar-refractivity contribution >= 4 is 12.3 Å². The second kappa shape index (κ2) is 11.6. The molecule has 0 aliphatic carbocycles. The number of carbonyl (C=O) groups is 2. The Labute approximate surface area is 138 Å². The van der Waals surface area contributed by atoms with Crippen molar-refractivity contribution in [1.82, 2.24) is 0 Å². The van der Waals surface area contributed by atoms with Gasteiger partial charge in [0.2, 0.25) is 0 Å². The van der Waals surface area contributed by atoms with E-state index in [1.54, 1.807) is 0 Å². The lowest BCUT2D eigenvalue weighted by atomic mass is 10.0. The summed E-state index contributed by atoms with van der Waals surface area (Å²) in [5.41, 5.74) is 6.30. The molecule has 1 unspecified atom stereocenters. The van der Waals surface area contributed by atoms with Crippen molar-refractivity contribution in [2.75, 3.05) is 6.61 Å². The fraction of sp³-hybridized carbons (Fsp3) is 0.467. The maximum atomic E-state index is 10.4. The Hall–Kier alpha value is -1.88. The molecule has 1 rings (SSSR count). The van der Waals surface area contributed by atoms with Crippen LogP contribution in [0.2, 0.25) is 0 Å². The summed E-state index contributed by atoms with van der Waals surface area (Å²) in [5.74, 6) is -0.959. The van der Waals surface area contributed by atoms with Crippen LogP contribution in [0.1, 0.15) is 5.56 Å². The molecular formula is C15H23NO8. The third-order valence-corrected chi connectivity index (χ3v) is 3.04. The van der Waals surface area contributed by atoms with E-state index >= 15 is 0 Å². The molecule has 5 atom stereocenters. The molecular weight excluding hydrogens is 322 g/mol. The molecule has 8 N–H and O–H groups in total. The number of hydrogen-bond donors (Lipinski definition) is 7. The van der Waals surface area contributed by atoms with E-state index < -0.39 is 43.0 Å². The summed E-state index contributed by atoms with van der Waals surface area (Å²) in [6, 6.07) is 8.54. The molecule has 1 aromatic rings. The minimum absolute atomic E-state index is 0.0258. The lowest BCUT2D eigenvalue weighted by Crippen LogP contribution is -2.46. The molecule has 0 amide bonds. The second-order valence-electron chi connectivity index (χ2n) is 4.99. The van der Waals surface area contributed by atoms with Crippen LogP contribution in [0, 0.1) is 0 Å². The highest BCUT2D eigenvalue weighted by molar-refractivity contribution is 5.73. The molecule has 0 aromatic heterocycles. The van der Waals surface area contributed by atoms with E-state index in [9.17, 15) is 9.59 Å². The van der Waals surface area contributed by atoms with Gasteiger partial charge in [0.05, 0.1) is 6.61 Å². The van der Waals surface area contributed by atoms with Crippen LogP contribution in [-0.4, -0.2) is 80.0 Å². The van der Waals surface area contributed by atoms with Gasteiger partial charge in [0.25, 0.3) is 0 Å². The Morgan fingerprint density at radius 3 is 2.04 bits per heavy atom. The van der Waals surface area contributed by atoms with Crippen molar-refractivity contribution in [3.63, 3.8) is 0 Å². The van der Waals surface area contributed by atoms with Gasteiger partial charge in [-0.25, -0.2) is 0 Å². The van der Waals surface area contributed by atoms with Crippen LogP contribution in [0.5, 0.6) is 0 Å². The molecule has 0 fully saturated rings. The van der Waals surface area contributed by atoms with Crippen molar-refractivity contribution in [2.45, 2.75) is 36.9 Å². The van der Waals surface area contributed by atoms with Gasteiger partial charge in [-0.3, -0.25) is 4.79 Å². The first kappa shape index (κ1) is 22.1. The number of carbonyl (C=O) groups excluding carboxylic acids is 1. The predicted octanol–water partition coefficient (Wildman–Crippen LogP) is -2.74. The highest BCUT2D eigenvalue weighted by Gasteiger charge is 2.29. The minimum atomic E-state index is -1.79. The summed E-state index contributed by atoms with van der Waals surface area (Å²) in [7, 11) is 0. The lowest BCUT2D eigenvalue weighted by molar-refractivity contribution is -0.138. The van der Waals surface area contributed by atoms with Crippen molar-refractivity contribution < 1.29 is 40.2 Å². The Kier molecular flexibility index (Phi) is 10.7. The van der Waals surface area contributed by atoms with Gasteiger partial charge in [0, 0.05) is 0 Å². The number of hydrogen-bond acceptors (Lipinski definition) is 8. The molecule has 1 aromatic carbocycles. The monoisotopic (exact) mass is 345 g/mol. The smallest absolute Gasteiger partial charge is 0.320 e. The number of aliphatic hydroxyl groups excluding tert-OH is 5. The third kappa shape index (κ3) is 8.11. The molecule has 0 radical (unpaired) electrons. The zero-order chi connectivity index (χ0) is 18.7. The van der Waals surface area contributed by atoms with Crippen LogP contribution in [-0.2, 0) is 16.0 Å². The van der Waals surface area contributed by atoms with E-state index in [4.69, 9.17) is 36.4 Å². The third-order valence-electron chi connectivity index (χ3n) is 3.04. The van der Waals surface area contributed by atoms with Crippen LogP contribution in [0.3, 0.4) is 0 Å². The fourth-order valence-corrected chi connectivity index (χ4v) is 1.57. The van der Waals surface area contributed by atoms with Gasteiger partial charge in [-0.2, -0.15) is 0 Å². The average Bonchev–Trinajstić information content (AvgIpc) is 2.60. The first-order chi connectivity index (χ1) is 11.2. The standard InChI is InChI=1S/C9H11NO2.C6H12O6/c10-8(9(11)12)6-7-4-2-1-3-5-7;7-1-3(9)5(11)6(12)4(10)2-8/h1-5,8H,6,10H2,(H,11,12);1,3-6,8-12H,2H2/t;3-,4+,5+,6+/m.0/s1. The number of carboxylic acid groups (broad SMARTS) is 1. The number of benzene rings is 1. The molecule has 9 heteroatoms. The van der Waals surface area contributed by atoms with E-state index in [2.05, 4.69) is 0 Å². The van der Waals surface area contributed by atoms with E-state index in [0.717, 1.165) is 5.56 Å². The normalized spacial score (nSPS) is 16.8. The number of carboxylic acids is 1. The van der Waals surface area contributed by atoms with E-state index in [1.807, 2.05) is 30.3 Å². The Bertz CT molecular complexity index is 484. The maximum absolute atomic E-state index is 10.4. The van der Waals surface area contributed by atoms with E-state index in [0.29, 0.717) is 6.42 Å². The molecule has 0 bridgehead atoms. The molecule has 0 heterocycles. The van der Waals surface area contributed by atoms with Gasteiger partial charge in [-0.15, -0.1) is 0 Å². The number of aliphatic carboxylic acids is 1. The second-order valence-corrected chi connectivity index (χ2v) is 4.99. The number of aldehydes is 1. The van der Waals surface area contributed by atoms with Crippen LogP contribution in [0.25, 0.3) is 0 Å². The summed E-state index contributed by atoms with van der Waals surface area (Å²) >= 11 is 0. The van der Waals surface area contributed by atoms with Crippen molar-refractivity contribution in [2.24, 2.45) is 5.73 Å². The average molecular weight is 345 g/mol. The SMILES string of the molecule is NC(Cc1ccccc1)C(=O)O.O=C[C@H](O)[C@@H](O)[C@H](O)[C@H](O)CO. The number of aliphatic hydroxyl groups is 5. The van der Waals surface area contributed by atoms with Crippen molar-refractivity contribution in [3.8, 4) is 0 Å². The van der Waals surface area contributed by atoms with Gasteiger partial charge < -0.3 is 41.2 Å². The highest BCUT2D eigenvalue weighted by Crippen LogP contribution is 2.03. The summed E-state index contributed by atoms with van der Waals surface area (Å²) in [6.45, 7) is -0.760. The van der Waals surface area contributed by atoms with Crippen LogP contribution >= 0.6 is 0 Å². The van der Waals surface area contributed by atoms with Gasteiger partial charge in [0.1, 0.15) is 30.5 Å². The van der Waals surface area contributed by atoms with Crippen LogP contribution in [0.15, 0.2) is 30.3 Å². The summed E-state index contributed by atoms with van der Waals surface area (Å²) in [4.78, 5) is 20.3. The van der Waals surface area contributed by atoms with Crippen molar-refractivity contribution in [1.29, 1.82) is 0 Å². The molecule has 0 aliphatic heterocycles. The molecule has 0 saturated carbocycles. The summed E-state index contributed by atoms with van der Waals surface area (Å²) < 4.78 is 0. The largest absolute Gasteiger partial charge is 0.480 e. The Morgan fingerprint density at radius 1 is 1.08 bits per heavy atom. The molecule has 9 nitrogen and oxygen atoms in total. The number of nitrogens with two attached hydrogens (primary N) is 1. The molecule has 0 spiro atoms. The first-order valence-electron chi connectivity index (χ1n) is 7.05. The highest BCUT2D eigenvalue weighted by atomic mass is 16.4. The quantitative estimate of drug-likeness (QED) is 0.246. The van der Waals surface area contributed by atoms with Crippen LogP contribution < -0.4 is 5.73 Å². The van der Waals surface area contributed by atoms with Gasteiger partial charge in [0.15, 0.2) is 6.29 Å². The number of rotatable bonds is 8. The fourth-order valence-electron chi connectivity index (χ4n) is 1.57. The zero-order valence-electron chi connectivity index (χ0n) is 12.8. The topological polar surface area (TPSA) is 182 Å². The molecule has 0 aliphatic rings. The van der Waals surface area contributed by atoms with Gasteiger partial charge in [-0.05, 0) is 12.0 Å².